The van der Waals surface area contributed by atoms with Gasteiger partial charge in [0.2, 0.25) is 0 Å². The van der Waals surface area contributed by atoms with Crippen molar-refractivity contribution in [3.8, 4) is 0 Å². The van der Waals surface area contributed by atoms with E-state index in [1.54, 1.807) is 0 Å². The number of hydrogen-bond donors (Lipinski definition) is 0. The van der Waals surface area contributed by atoms with Gasteiger partial charge in [-0.25, -0.2) is 0 Å². The van der Waals surface area contributed by atoms with E-state index in [1.807, 2.05) is 0 Å². The Kier molecular flexibility index (Phi) is 5.22. The Bertz CT molecular complexity index is 494. The lowest BCUT2D eigenvalue weighted by atomic mass is 9.66. The van der Waals surface area contributed by atoms with Crippen LogP contribution in [0.1, 0.15) is 32.6 Å². The molecule has 0 radical (unpaired) electrons. The molecule has 0 saturated carbocycles. The van der Waals surface area contributed by atoms with Crippen molar-refractivity contribution < 1.29 is 33.2 Å². The molecule has 5 saturated heterocycles. The van der Waals surface area contributed by atoms with Crippen LogP contribution in [0.25, 0.3) is 0 Å². The van der Waals surface area contributed by atoms with E-state index in [2.05, 4.69) is 6.92 Å². The third-order valence-corrected chi connectivity index (χ3v) is 6.51. The lowest BCUT2D eigenvalue weighted by Gasteiger charge is -2.48. The number of hydrogen-bond acceptors (Lipinski definition) is 7. The van der Waals surface area contributed by atoms with Gasteiger partial charge in [-0.2, -0.15) is 0 Å². The first kappa shape index (κ1) is 18.7. The minimum Gasteiger partial charge on any atom is -0.378 e. The Hall–Kier alpha value is -0.280. The number of ether oxygens (including phenoxy) is 7. The second-order valence-corrected chi connectivity index (χ2v) is 9.10. The van der Waals surface area contributed by atoms with Gasteiger partial charge in [0.25, 0.3) is 0 Å². The summed E-state index contributed by atoms with van der Waals surface area (Å²) in [6, 6.07) is 0. The normalized spacial score (nSPS) is 40.1. The van der Waals surface area contributed by atoms with Crippen molar-refractivity contribution in [1.82, 2.24) is 0 Å². The van der Waals surface area contributed by atoms with Crippen LogP contribution >= 0.6 is 0 Å². The Morgan fingerprint density at radius 1 is 0.741 bits per heavy atom. The van der Waals surface area contributed by atoms with Crippen molar-refractivity contribution in [1.29, 1.82) is 0 Å². The molecular weight excluding hydrogens is 352 g/mol. The second kappa shape index (κ2) is 7.52. The highest BCUT2D eigenvalue weighted by molar-refractivity contribution is 5.04. The monoisotopic (exact) mass is 384 g/mol. The molecule has 6 unspecified atom stereocenters. The van der Waals surface area contributed by atoms with Gasteiger partial charge in [0.1, 0.15) is 12.2 Å². The first-order valence-electron chi connectivity index (χ1n) is 10.4. The molecule has 0 aromatic heterocycles. The maximum Gasteiger partial charge on any atom is 0.104 e. The molecule has 0 bridgehead atoms. The van der Waals surface area contributed by atoms with Crippen molar-refractivity contribution in [2.24, 2.45) is 5.41 Å². The van der Waals surface area contributed by atoms with E-state index in [-0.39, 0.29) is 35.4 Å². The lowest BCUT2D eigenvalue weighted by molar-refractivity contribution is -0.174. The highest BCUT2D eigenvalue weighted by Gasteiger charge is 2.55. The van der Waals surface area contributed by atoms with Crippen LogP contribution < -0.4 is 0 Å². The number of rotatable bonds is 15. The Morgan fingerprint density at radius 2 is 1.26 bits per heavy atom. The van der Waals surface area contributed by atoms with Crippen LogP contribution in [0.2, 0.25) is 0 Å². The van der Waals surface area contributed by atoms with Gasteiger partial charge in [0.05, 0.1) is 76.8 Å². The molecule has 0 spiro atoms. The van der Waals surface area contributed by atoms with Gasteiger partial charge in [0.15, 0.2) is 0 Å². The molecule has 0 aliphatic carbocycles. The summed E-state index contributed by atoms with van der Waals surface area (Å²) in [6.07, 6.45) is 5.32. The van der Waals surface area contributed by atoms with Gasteiger partial charge in [-0.15, -0.1) is 0 Å². The van der Waals surface area contributed by atoms with Gasteiger partial charge in [-0.05, 0) is 12.8 Å². The summed E-state index contributed by atoms with van der Waals surface area (Å²) in [5, 5.41) is 0. The topological polar surface area (TPSA) is 81.1 Å². The van der Waals surface area contributed by atoms with Crippen molar-refractivity contribution in [2.45, 2.75) is 68.7 Å². The van der Waals surface area contributed by atoms with Crippen molar-refractivity contribution >= 4 is 0 Å². The second-order valence-electron chi connectivity index (χ2n) is 9.10. The van der Waals surface area contributed by atoms with E-state index in [0.29, 0.717) is 25.9 Å². The molecular formula is C20H32O7. The molecule has 7 nitrogen and oxygen atoms in total. The third kappa shape index (κ3) is 5.21. The summed E-state index contributed by atoms with van der Waals surface area (Å²) in [5.74, 6) is 0. The van der Waals surface area contributed by atoms with Gasteiger partial charge in [-0.1, -0.05) is 6.92 Å². The zero-order valence-electron chi connectivity index (χ0n) is 16.2. The van der Waals surface area contributed by atoms with Crippen LogP contribution in [-0.4, -0.2) is 89.0 Å². The van der Waals surface area contributed by atoms with Crippen molar-refractivity contribution in [2.75, 3.05) is 52.9 Å². The summed E-state index contributed by atoms with van der Waals surface area (Å²) in [7, 11) is 0. The molecule has 0 aromatic carbocycles. The minimum atomic E-state index is -0.333. The van der Waals surface area contributed by atoms with Crippen molar-refractivity contribution in [3.63, 3.8) is 0 Å². The molecule has 5 fully saturated rings. The molecule has 27 heavy (non-hydrogen) atoms. The van der Waals surface area contributed by atoms with E-state index in [1.165, 1.54) is 0 Å². The van der Waals surface area contributed by atoms with Crippen LogP contribution in [0.15, 0.2) is 0 Å². The van der Waals surface area contributed by atoms with Gasteiger partial charge in [-0.3, -0.25) is 0 Å². The molecule has 5 rings (SSSR count). The first-order chi connectivity index (χ1) is 13.1. The van der Waals surface area contributed by atoms with Crippen LogP contribution in [0.4, 0.5) is 0 Å². The fourth-order valence-corrected chi connectivity index (χ4v) is 4.12. The average Bonchev–Trinajstić information content (AvgIpc) is 3.48. The molecule has 154 valence electrons. The van der Waals surface area contributed by atoms with Crippen LogP contribution in [0.3, 0.4) is 0 Å². The highest BCUT2D eigenvalue weighted by Crippen LogP contribution is 2.49. The molecule has 0 amide bonds. The zero-order valence-corrected chi connectivity index (χ0v) is 16.2. The predicted molar refractivity (Wildman–Crippen MR) is 94.8 cm³/mol. The summed E-state index contributed by atoms with van der Waals surface area (Å²) in [5.41, 5.74) is -0.471. The molecule has 6 atom stereocenters. The summed E-state index contributed by atoms with van der Waals surface area (Å²) in [4.78, 5) is 0. The van der Waals surface area contributed by atoms with E-state index in [4.69, 9.17) is 33.2 Å². The van der Waals surface area contributed by atoms with Crippen molar-refractivity contribution in [3.05, 3.63) is 0 Å². The number of epoxide rings is 5. The van der Waals surface area contributed by atoms with Crippen LogP contribution in [-0.2, 0) is 33.2 Å². The quantitative estimate of drug-likeness (QED) is 0.394. The summed E-state index contributed by atoms with van der Waals surface area (Å²) >= 11 is 0. The van der Waals surface area contributed by atoms with E-state index in [0.717, 1.165) is 58.7 Å². The molecule has 5 aliphatic heterocycles. The smallest absolute Gasteiger partial charge is 0.104 e. The van der Waals surface area contributed by atoms with E-state index >= 15 is 0 Å². The third-order valence-electron chi connectivity index (χ3n) is 6.51. The molecule has 5 heterocycles. The SMILES string of the molecule is CC(CCC1CO1)(COCC1CO1)C(CC1CO1)(CC1CO1)OCC1CO1. The summed E-state index contributed by atoms with van der Waals surface area (Å²) in [6.45, 7) is 8.44. The molecule has 0 N–H and O–H groups in total. The maximum absolute atomic E-state index is 6.71. The van der Waals surface area contributed by atoms with Crippen LogP contribution in [0, 0.1) is 5.41 Å². The average molecular weight is 384 g/mol. The minimum absolute atomic E-state index is 0.138. The van der Waals surface area contributed by atoms with E-state index in [9.17, 15) is 0 Å². The predicted octanol–water partition coefficient (Wildman–Crippen LogP) is 1.32. The fourth-order valence-electron chi connectivity index (χ4n) is 4.12. The largest absolute Gasteiger partial charge is 0.378 e. The Balaban J connectivity index is 1.34. The van der Waals surface area contributed by atoms with Gasteiger partial charge >= 0.3 is 0 Å². The fraction of sp³-hybridized carbons (Fsp3) is 1.00. The molecule has 5 aliphatic rings. The highest BCUT2D eigenvalue weighted by atomic mass is 16.6. The first-order valence-corrected chi connectivity index (χ1v) is 10.4. The standard InChI is InChI=1S/C20H32O7/c1-19(3-2-14-7-22-14,13-21-6-17-10-25-17)20(4-15-8-23-15,5-16-9-24-16)27-12-18-11-26-18/h14-18H,2-13H2,1H3. The zero-order chi connectivity index (χ0) is 18.3. The summed E-state index contributed by atoms with van der Waals surface area (Å²) < 4.78 is 40.4. The van der Waals surface area contributed by atoms with Crippen LogP contribution in [0.5, 0.6) is 0 Å². The maximum atomic E-state index is 6.71. The van der Waals surface area contributed by atoms with Gasteiger partial charge in [0, 0.05) is 18.3 Å². The van der Waals surface area contributed by atoms with Gasteiger partial charge < -0.3 is 33.2 Å². The Labute approximate surface area is 160 Å². The molecule has 0 aromatic rings. The Morgan fingerprint density at radius 3 is 1.78 bits per heavy atom. The lowest BCUT2D eigenvalue weighted by Crippen LogP contribution is -2.54. The molecule has 7 heteroatoms. The van der Waals surface area contributed by atoms with E-state index < -0.39 is 0 Å².